The molecule has 0 radical (unpaired) electrons. The van der Waals surface area contributed by atoms with Crippen molar-refractivity contribution in [3.05, 3.63) is 0 Å². The molecule has 1 amide bonds. The second-order valence-electron chi connectivity index (χ2n) is 4.96. The molecule has 1 aliphatic heterocycles. The van der Waals surface area contributed by atoms with Crippen molar-refractivity contribution in [3.63, 3.8) is 0 Å². The Hall–Kier alpha value is -0.570. The molecule has 0 spiro atoms. The summed E-state index contributed by atoms with van der Waals surface area (Å²) in [6, 6.07) is 0.317. The maximum atomic E-state index is 11.5. The van der Waals surface area contributed by atoms with Crippen molar-refractivity contribution in [3.8, 4) is 0 Å². The van der Waals surface area contributed by atoms with Crippen LogP contribution in [0.25, 0.3) is 0 Å². The van der Waals surface area contributed by atoms with Crippen molar-refractivity contribution in [1.29, 1.82) is 0 Å². The molecule has 0 aromatic heterocycles. The molecule has 1 aliphatic carbocycles. The van der Waals surface area contributed by atoms with Gasteiger partial charge in [-0.1, -0.05) is 19.3 Å². The molecule has 2 aliphatic rings. The molecule has 2 rings (SSSR count). The lowest BCUT2D eigenvalue weighted by Crippen LogP contribution is -2.44. The maximum Gasteiger partial charge on any atom is 0.219 e. The summed E-state index contributed by atoms with van der Waals surface area (Å²) in [5, 5.41) is 9.48. The smallest absolute Gasteiger partial charge is 0.219 e. The van der Waals surface area contributed by atoms with E-state index in [4.69, 9.17) is 0 Å². The molecule has 1 N–H and O–H groups in total. The molecule has 0 aromatic carbocycles. The summed E-state index contributed by atoms with van der Waals surface area (Å²) in [5.41, 5.74) is 0. The predicted octanol–water partition coefficient (Wildman–Crippen LogP) is 1.41. The number of likely N-dealkylation sites (tertiary alicyclic amines) is 1. The van der Waals surface area contributed by atoms with Crippen LogP contribution in [-0.2, 0) is 4.79 Å². The Balaban J connectivity index is 2.02. The summed E-state index contributed by atoms with van der Waals surface area (Å²) < 4.78 is 0. The number of carbonyl (C=O) groups is 1. The third-order valence-electron chi connectivity index (χ3n) is 4.16. The first-order valence-corrected chi connectivity index (χ1v) is 6.12. The minimum Gasteiger partial charge on any atom is -0.396 e. The van der Waals surface area contributed by atoms with Gasteiger partial charge in [0.25, 0.3) is 0 Å². The highest BCUT2D eigenvalue weighted by Gasteiger charge is 2.38. The molecule has 3 heteroatoms. The summed E-state index contributed by atoms with van der Waals surface area (Å²) in [6.07, 6.45) is 5.98. The fourth-order valence-electron chi connectivity index (χ4n) is 3.08. The van der Waals surface area contributed by atoms with Gasteiger partial charge < -0.3 is 10.0 Å². The molecular weight excluding hydrogens is 190 g/mol. The number of aliphatic hydroxyl groups is 1. The van der Waals surface area contributed by atoms with Gasteiger partial charge in [-0.15, -0.1) is 0 Å². The fraction of sp³-hybridized carbons (Fsp3) is 0.917. The molecule has 2 fully saturated rings. The third-order valence-corrected chi connectivity index (χ3v) is 4.16. The van der Waals surface area contributed by atoms with Gasteiger partial charge in [0.2, 0.25) is 5.91 Å². The molecule has 2 atom stereocenters. The van der Waals surface area contributed by atoms with Gasteiger partial charge in [-0.25, -0.2) is 0 Å². The molecule has 1 saturated carbocycles. The van der Waals surface area contributed by atoms with E-state index < -0.39 is 0 Å². The number of amides is 1. The number of rotatable bonds is 3. The molecule has 0 bridgehead atoms. The normalized spacial score (nSPS) is 28.9. The van der Waals surface area contributed by atoms with Crippen LogP contribution in [0, 0.1) is 11.8 Å². The highest BCUT2D eigenvalue weighted by atomic mass is 16.3. The van der Waals surface area contributed by atoms with Crippen LogP contribution < -0.4 is 0 Å². The van der Waals surface area contributed by atoms with Crippen molar-refractivity contribution >= 4 is 5.91 Å². The number of carbonyl (C=O) groups excluding carboxylic acids is 1. The quantitative estimate of drug-likeness (QED) is 0.766. The second kappa shape index (κ2) is 4.52. The van der Waals surface area contributed by atoms with E-state index in [1.165, 1.54) is 19.3 Å². The Kier molecular flexibility index (Phi) is 3.29. The lowest BCUT2D eigenvalue weighted by atomic mass is 9.72. The molecular formula is C12H21NO2. The zero-order chi connectivity index (χ0) is 10.8. The molecule has 0 aromatic rings. The Morgan fingerprint density at radius 2 is 2.13 bits per heavy atom. The van der Waals surface area contributed by atoms with Crippen LogP contribution >= 0.6 is 0 Å². The minimum atomic E-state index is 0.176. The van der Waals surface area contributed by atoms with Crippen LogP contribution in [0.3, 0.4) is 0 Å². The zero-order valence-corrected chi connectivity index (χ0v) is 9.48. The summed E-state index contributed by atoms with van der Waals surface area (Å²) in [6.45, 7) is 2.79. The number of hydrogen-bond donors (Lipinski definition) is 1. The van der Waals surface area contributed by atoms with Gasteiger partial charge in [-0.2, -0.15) is 0 Å². The van der Waals surface area contributed by atoms with E-state index >= 15 is 0 Å². The van der Waals surface area contributed by atoms with Gasteiger partial charge in [-0.05, 0) is 18.8 Å². The summed E-state index contributed by atoms with van der Waals surface area (Å²) in [5.74, 6) is 1.18. The molecule has 15 heavy (non-hydrogen) atoms. The van der Waals surface area contributed by atoms with Gasteiger partial charge in [0.05, 0.1) is 0 Å². The molecule has 86 valence electrons. The fourth-order valence-corrected chi connectivity index (χ4v) is 3.08. The minimum absolute atomic E-state index is 0.176. The van der Waals surface area contributed by atoms with Crippen molar-refractivity contribution in [2.45, 2.75) is 45.1 Å². The second-order valence-corrected chi connectivity index (χ2v) is 4.96. The van der Waals surface area contributed by atoms with E-state index in [1.54, 1.807) is 6.92 Å². The average Bonchev–Trinajstić information content (AvgIpc) is 2.58. The Morgan fingerprint density at radius 1 is 1.40 bits per heavy atom. The molecule has 3 nitrogen and oxygen atoms in total. The standard InChI is InChI=1S/C12H21NO2/c1-9(15)13-7-3-6-12(13)11(8-14)10-4-2-5-10/h10-12,14H,2-8H2,1H3. The first-order valence-electron chi connectivity index (χ1n) is 6.12. The zero-order valence-electron chi connectivity index (χ0n) is 9.48. The lowest BCUT2D eigenvalue weighted by Gasteiger charge is -2.39. The van der Waals surface area contributed by atoms with Crippen molar-refractivity contribution in [2.24, 2.45) is 11.8 Å². The Morgan fingerprint density at radius 3 is 2.60 bits per heavy atom. The molecule has 2 unspecified atom stereocenters. The summed E-state index contributed by atoms with van der Waals surface area (Å²) in [7, 11) is 0. The molecule has 1 saturated heterocycles. The van der Waals surface area contributed by atoms with Gasteiger partial charge in [-0.3, -0.25) is 4.79 Å². The van der Waals surface area contributed by atoms with Crippen molar-refractivity contribution < 1.29 is 9.90 Å². The van der Waals surface area contributed by atoms with Crippen molar-refractivity contribution in [1.82, 2.24) is 4.90 Å². The SMILES string of the molecule is CC(=O)N1CCCC1C(CO)C1CCC1. The van der Waals surface area contributed by atoms with Gasteiger partial charge in [0.1, 0.15) is 0 Å². The van der Waals surface area contributed by atoms with Crippen LogP contribution in [0.4, 0.5) is 0 Å². The van der Waals surface area contributed by atoms with Gasteiger partial charge in [0, 0.05) is 32.0 Å². The lowest BCUT2D eigenvalue weighted by molar-refractivity contribution is -0.131. The van der Waals surface area contributed by atoms with Gasteiger partial charge in [0.15, 0.2) is 0 Å². The largest absolute Gasteiger partial charge is 0.396 e. The van der Waals surface area contributed by atoms with Crippen LogP contribution in [-0.4, -0.2) is 35.1 Å². The third kappa shape index (κ3) is 2.03. The monoisotopic (exact) mass is 211 g/mol. The Labute approximate surface area is 91.5 Å². The first-order chi connectivity index (χ1) is 7.24. The van der Waals surface area contributed by atoms with Crippen LogP contribution in [0.15, 0.2) is 0 Å². The highest BCUT2D eigenvalue weighted by molar-refractivity contribution is 5.73. The van der Waals surface area contributed by atoms with Crippen LogP contribution in [0.5, 0.6) is 0 Å². The summed E-state index contributed by atoms with van der Waals surface area (Å²) >= 11 is 0. The van der Waals surface area contributed by atoms with E-state index in [0.717, 1.165) is 19.4 Å². The number of hydrogen-bond acceptors (Lipinski definition) is 2. The van der Waals surface area contributed by atoms with E-state index in [1.807, 2.05) is 4.90 Å². The first kappa shape index (κ1) is 10.9. The van der Waals surface area contributed by atoms with Crippen LogP contribution in [0.2, 0.25) is 0 Å². The Bertz CT molecular complexity index is 238. The summed E-state index contributed by atoms with van der Waals surface area (Å²) in [4.78, 5) is 13.4. The van der Waals surface area contributed by atoms with E-state index in [2.05, 4.69) is 0 Å². The van der Waals surface area contributed by atoms with E-state index in [-0.39, 0.29) is 12.5 Å². The topological polar surface area (TPSA) is 40.5 Å². The van der Waals surface area contributed by atoms with Crippen molar-refractivity contribution in [2.75, 3.05) is 13.2 Å². The predicted molar refractivity (Wildman–Crippen MR) is 58.3 cm³/mol. The highest BCUT2D eigenvalue weighted by Crippen LogP contribution is 2.39. The van der Waals surface area contributed by atoms with E-state index in [0.29, 0.717) is 17.9 Å². The maximum absolute atomic E-state index is 11.5. The average molecular weight is 211 g/mol. The molecule has 1 heterocycles. The number of aliphatic hydroxyl groups excluding tert-OH is 1. The van der Waals surface area contributed by atoms with Gasteiger partial charge >= 0.3 is 0 Å². The van der Waals surface area contributed by atoms with Crippen LogP contribution in [0.1, 0.15) is 39.0 Å². The van der Waals surface area contributed by atoms with E-state index in [9.17, 15) is 9.90 Å². The number of nitrogens with zero attached hydrogens (tertiary/aromatic N) is 1.